The van der Waals surface area contributed by atoms with Crippen molar-refractivity contribution in [3.63, 3.8) is 0 Å². The summed E-state index contributed by atoms with van der Waals surface area (Å²) in [7, 11) is -1.08. The third-order valence-electron chi connectivity index (χ3n) is 7.63. The van der Waals surface area contributed by atoms with Gasteiger partial charge < -0.3 is 19.5 Å². The second-order valence-electron chi connectivity index (χ2n) is 10.2. The molecule has 0 spiro atoms. The number of nitrogens with zero attached hydrogens (tertiary/aromatic N) is 7. The van der Waals surface area contributed by atoms with Crippen LogP contribution in [0.2, 0.25) is 0 Å². The number of hydrogen-bond donors (Lipinski definition) is 1. The Balaban J connectivity index is 1.13. The van der Waals surface area contributed by atoms with Crippen molar-refractivity contribution in [3.8, 4) is 11.5 Å². The van der Waals surface area contributed by atoms with E-state index in [0.29, 0.717) is 42.3 Å². The van der Waals surface area contributed by atoms with Crippen LogP contribution in [0.25, 0.3) is 22.1 Å². The average Bonchev–Trinajstić information content (AvgIpc) is 3.60. The predicted octanol–water partition coefficient (Wildman–Crippen LogP) is 3.77. The number of aromatic nitrogens is 6. The zero-order valence-electron chi connectivity index (χ0n) is 21.4. The third kappa shape index (κ3) is 4.20. The molecule has 3 aromatic heterocycles. The monoisotopic (exact) mass is 542 g/mol. The normalized spacial score (nSPS) is 20.0. The van der Waals surface area contributed by atoms with Crippen LogP contribution in [0, 0.1) is 12.8 Å². The minimum Gasteiger partial charge on any atom is -0.457 e. The van der Waals surface area contributed by atoms with Crippen LogP contribution >= 0.6 is 0 Å². The van der Waals surface area contributed by atoms with E-state index in [1.807, 2.05) is 59.8 Å². The fourth-order valence-corrected chi connectivity index (χ4v) is 7.68. The van der Waals surface area contributed by atoms with Gasteiger partial charge in [-0.3, -0.25) is 0 Å². The van der Waals surface area contributed by atoms with Gasteiger partial charge in [-0.25, -0.2) is 33.3 Å². The Morgan fingerprint density at radius 1 is 1.03 bits per heavy atom. The first-order chi connectivity index (χ1) is 18.8. The molecule has 2 aromatic carbocycles. The van der Waals surface area contributed by atoms with E-state index >= 15 is 0 Å². The molecule has 39 heavy (non-hydrogen) atoms. The SMILES string of the molecule is Cc1cc(Nc2ncnc3cnc(N4CC5CCS(=O)(=O)C5C4)nc23)ccc1Oc1ccc2c(c1)ncn2C. The van der Waals surface area contributed by atoms with Crippen molar-refractivity contribution in [2.24, 2.45) is 13.0 Å². The number of benzene rings is 2. The summed E-state index contributed by atoms with van der Waals surface area (Å²) >= 11 is 0. The molecule has 198 valence electrons. The van der Waals surface area contributed by atoms with E-state index < -0.39 is 9.84 Å². The van der Waals surface area contributed by atoms with Gasteiger partial charge in [0.1, 0.15) is 28.9 Å². The number of nitrogens with one attached hydrogen (secondary N) is 1. The molecule has 5 heterocycles. The number of rotatable bonds is 5. The molecule has 2 unspecified atom stereocenters. The van der Waals surface area contributed by atoms with Crippen molar-refractivity contribution in [2.45, 2.75) is 18.6 Å². The first-order valence-electron chi connectivity index (χ1n) is 12.7. The van der Waals surface area contributed by atoms with Crippen LogP contribution in [0.15, 0.2) is 55.2 Å². The van der Waals surface area contributed by atoms with Gasteiger partial charge in [-0.1, -0.05) is 0 Å². The van der Waals surface area contributed by atoms with Gasteiger partial charge in [0, 0.05) is 31.9 Å². The third-order valence-corrected chi connectivity index (χ3v) is 9.89. The van der Waals surface area contributed by atoms with E-state index in [0.717, 1.165) is 33.8 Å². The molecular weight excluding hydrogens is 516 g/mol. The largest absolute Gasteiger partial charge is 0.457 e. The van der Waals surface area contributed by atoms with E-state index in [1.54, 1.807) is 12.5 Å². The summed E-state index contributed by atoms with van der Waals surface area (Å²) in [5.41, 5.74) is 4.86. The first-order valence-corrected chi connectivity index (χ1v) is 14.5. The zero-order valence-corrected chi connectivity index (χ0v) is 22.3. The van der Waals surface area contributed by atoms with Crippen LogP contribution in [0.1, 0.15) is 12.0 Å². The Kier molecular flexibility index (Phi) is 5.41. The van der Waals surface area contributed by atoms with E-state index in [-0.39, 0.29) is 16.9 Å². The van der Waals surface area contributed by atoms with Gasteiger partial charge in [-0.2, -0.15) is 0 Å². The number of sulfone groups is 1. The minimum absolute atomic E-state index is 0.133. The van der Waals surface area contributed by atoms with Crippen molar-refractivity contribution >= 4 is 49.4 Å². The highest BCUT2D eigenvalue weighted by Crippen LogP contribution is 2.36. The van der Waals surface area contributed by atoms with Crippen molar-refractivity contribution < 1.29 is 13.2 Å². The summed E-state index contributed by atoms with van der Waals surface area (Å²) in [6.45, 7) is 3.04. The van der Waals surface area contributed by atoms with E-state index in [4.69, 9.17) is 9.72 Å². The van der Waals surface area contributed by atoms with E-state index in [2.05, 4.69) is 25.3 Å². The van der Waals surface area contributed by atoms with Crippen molar-refractivity contribution in [1.82, 2.24) is 29.5 Å². The molecule has 0 amide bonds. The molecule has 12 heteroatoms. The molecule has 2 aliphatic rings. The van der Waals surface area contributed by atoms with E-state index in [1.165, 1.54) is 6.33 Å². The summed E-state index contributed by atoms with van der Waals surface area (Å²) < 4.78 is 32.9. The molecule has 11 nitrogen and oxygen atoms in total. The fourth-order valence-electron chi connectivity index (χ4n) is 5.53. The van der Waals surface area contributed by atoms with Gasteiger partial charge in [0.25, 0.3) is 0 Å². The molecule has 0 bridgehead atoms. The maximum atomic E-state index is 12.4. The number of fused-ring (bicyclic) bond motifs is 3. The van der Waals surface area contributed by atoms with Gasteiger partial charge in [0.2, 0.25) is 5.95 Å². The molecule has 2 atom stereocenters. The highest BCUT2D eigenvalue weighted by molar-refractivity contribution is 7.92. The van der Waals surface area contributed by atoms with Crippen LogP contribution in [0.3, 0.4) is 0 Å². The lowest BCUT2D eigenvalue weighted by molar-refractivity contribution is 0.479. The molecular formula is C27H26N8O3S. The summed E-state index contributed by atoms with van der Waals surface area (Å²) in [5.74, 6) is 2.91. The summed E-state index contributed by atoms with van der Waals surface area (Å²) in [6, 6.07) is 11.7. The Hall–Kier alpha value is -4.32. The predicted molar refractivity (Wildman–Crippen MR) is 148 cm³/mol. The van der Waals surface area contributed by atoms with E-state index in [9.17, 15) is 8.42 Å². The zero-order chi connectivity index (χ0) is 26.7. The molecule has 1 N–H and O–H groups in total. The van der Waals surface area contributed by atoms with Gasteiger partial charge in [0.05, 0.1) is 34.6 Å². The maximum Gasteiger partial charge on any atom is 0.226 e. The van der Waals surface area contributed by atoms with Crippen LogP contribution in [0.5, 0.6) is 11.5 Å². The highest BCUT2D eigenvalue weighted by atomic mass is 32.2. The van der Waals surface area contributed by atoms with Crippen LogP contribution in [-0.2, 0) is 16.9 Å². The van der Waals surface area contributed by atoms with Gasteiger partial charge in [-0.05, 0) is 55.2 Å². The van der Waals surface area contributed by atoms with Crippen molar-refractivity contribution in [1.29, 1.82) is 0 Å². The lowest BCUT2D eigenvalue weighted by Crippen LogP contribution is -2.27. The Morgan fingerprint density at radius 2 is 1.92 bits per heavy atom. The molecule has 2 aliphatic heterocycles. The Bertz CT molecular complexity index is 1860. The molecule has 0 radical (unpaired) electrons. The highest BCUT2D eigenvalue weighted by Gasteiger charge is 2.46. The Morgan fingerprint density at radius 3 is 2.77 bits per heavy atom. The van der Waals surface area contributed by atoms with Gasteiger partial charge in [-0.15, -0.1) is 0 Å². The Labute approximate surface area is 224 Å². The summed E-state index contributed by atoms with van der Waals surface area (Å²) in [5, 5.41) is 3.02. The van der Waals surface area contributed by atoms with Crippen LogP contribution < -0.4 is 15.0 Å². The smallest absolute Gasteiger partial charge is 0.226 e. The number of hydrogen-bond acceptors (Lipinski definition) is 10. The number of ether oxygens (including phenoxy) is 1. The van der Waals surface area contributed by atoms with Crippen LogP contribution in [-0.4, -0.2) is 62.0 Å². The first kappa shape index (κ1) is 23.8. The van der Waals surface area contributed by atoms with Gasteiger partial charge >= 0.3 is 0 Å². The molecule has 7 rings (SSSR count). The quantitative estimate of drug-likeness (QED) is 0.350. The molecule has 2 saturated heterocycles. The second kappa shape index (κ2) is 8.87. The summed E-state index contributed by atoms with van der Waals surface area (Å²) in [6.07, 6.45) is 5.61. The maximum absolute atomic E-state index is 12.4. The number of imidazole rings is 1. The average molecular weight is 543 g/mol. The second-order valence-corrected chi connectivity index (χ2v) is 12.5. The number of aryl methyl sites for hydroxylation is 2. The topological polar surface area (TPSA) is 128 Å². The lowest BCUT2D eigenvalue weighted by Gasteiger charge is -2.17. The molecule has 5 aromatic rings. The molecule has 2 fully saturated rings. The van der Waals surface area contributed by atoms with Gasteiger partial charge in [0.15, 0.2) is 15.7 Å². The number of anilines is 3. The van der Waals surface area contributed by atoms with Crippen molar-refractivity contribution in [3.05, 3.63) is 60.8 Å². The minimum atomic E-state index is -3.04. The standard InChI is InChI=1S/C27H26N8O3S/c1-16-9-18(3-6-23(16)38-19-4-5-22-20(10-19)31-15-34(22)2)32-26-25-21(29-14-30-26)11-28-27(33-25)35-12-17-7-8-39(36,37)24(17)13-35/h3-6,9-11,14-15,17,24H,7-8,12-13H2,1-2H3,(H,29,30,32). The molecule has 0 aliphatic carbocycles. The lowest BCUT2D eigenvalue weighted by atomic mass is 10.1. The molecule has 0 saturated carbocycles. The van der Waals surface area contributed by atoms with Crippen molar-refractivity contribution in [2.75, 3.05) is 29.1 Å². The fraction of sp³-hybridized carbons (Fsp3) is 0.296. The summed E-state index contributed by atoms with van der Waals surface area (Å²) in [4.78, 5) is 24.3. The van der Waals surface area contributed by atoms with Crippen LogP contribution in [0.4, 0.5) is 17.5 Å².